The monoisotopic (exact) mass is 374 g/mol. The van der Waals surface area contributed by atoms with E-state index in [0.29, 0.717) is 11.3 Å². The number of aryl methyl sites for hydroxylation is 2. The molecule has 1 aromatic heterocycles. The number of nitrogens with one attached hydrogen (secondary N) is 2. The molecule has 0 atom stereocenters. The van der Waals surface area contributed by atoms with E-state index in [2.05, 4.69) is 21.4 Å². The predicted octanol–water partition coefficient (Wildman–Crippen LogP) is 3.25. The van der Waals surface area contributed by atoms with Gasteiger partial charge in [0.1, 0.15) is 5.82 Å². The molecule has 2 heterocycles. The van der Waals surface area contributed by atoms with Gasteiger partial charge in [-0.05, 0) is 31.0 Å². The molecule has 0 spiro atoms. The van der Waals surface area contributed by atoms with E-state index in [4.69, 9.17) is 4.98 Å². The lowest BCUT2D eigenvalue weighted by molar-refractivity contribution is -0.115. The normalized spacial score (nSPS) is 12.9. The van der Waals surface area contributed by atoms with Crippen molar-refractivity contribution < 1.29 is 9.59 Å². The van der Waals surface area contributed by atoms with Gasteiger partial charge >= 0.3 is 0 Å². The van der Waals surface area contributed by atoms with E-state index >= 15 is 0 Å². The van der Waals surface area contributed by atoms with Gasteiger partial charge in [0.15, 0.2) is 0 Å². The summed E-state index contributed by atoms with van der Waals surface area (Å²) in [5.74, 6) is 0.545. The zero-order chi connectivity index (χ0) is 19.3. The van der Waals surface area contributed by atoms with E-state index < -0.39 is 0 Å². The fraction of sp³-hybridized carbons (Fsp3) is 0.227. The molecule has 1 aliphatic heterocycles. The molecule has 142 valence electrons. The quantitative estimate of drug-likeness (QED) is 0.720. The van der Waals surface area contributed by atoms with Gasteiger partial charge in [-0.1, -0.05) is 36.4 Å². The maximum Gasteiger partial charge on any atom is 0.251 e. The Bertz CT molecular complexity index is 971. The van der Waals surface area contributed by atoms with Crippen molar-refractivity contribution in [1.82, 2.24) is 14.9 Å². The number of hydrogen-bond donors (Lipinski definition) is 2. The summed E-state index contributed by atoms with van der Waals surface area (Å²) < 4.78 is 2.19. The number of hydrogen-bond acceptors (Lipinski definition) is 3. The Morgan fingerprint density at radius 3 is 2.61 bits per heavy atom. The second kappa shape index (κ2) is 8.08. The van der Waals surface area contributed by atoms with E-state index in [1.807, 2.05) is 30.3 Å². The van der Waals surface area contributed by atoms with Crippen LogP contribution >= 0.6 is 0 Å². The third-order valence-corrected chi connectivity index (χ3v) is 4.83. The number of anilines is 1. The van der Waals surface area contributed by atoms with Crippen molar-refractivity contribution in [3.05, 3.63) is 72.2 Å². The van der Waals surface area contributed by atoms with Crippen LogP contribution in [0.25, 0.3) is 11.3 Å². The average molecular weight is 374 g/mol. The van der Waals surface area contributed by atoms with Crippen LogP contribution in [0.15, 0.2) is 60.8 Å². The molecule has 0 saturated heterocycles. The summed E-state index contributed by atoms with van der Waals surface area (Å²) in [5.41, 5.74) is 2.96. The third kappa shape index (κ3) is 3.96. The first-order chi connectivity index (χ1) is 13.7. The second-order valence-electron chi connectivity index (χ2n) is 6.84. The number of carbonyl (C=O) groups excluding carboxylic acids is 2. The lowest BCUT2D eigenvalue weighted by Crippen LogP contribution is -2.32. The smallest absolute Gasteiger partial charge is 0.251 e. The van der Waals surface area contributed by atoms with Crippen LogP contribution < -0.4 is 10.6 Å². The van der Waals surface area contributed by atoms with Crippen LogP contribution in [0.4, 0.5) is 5.69 Å². The van der Waals surface area contributed by atoms with Crippen molar-refractivity contribution in [3.8, 4) is 11.3 Å². The molecule has 2 aromatic carbocycles. The highest BCUT2D eigenvalue weighted by atomic mass is 16.2. The Hall–Kier alpha value is -3.41. The standard InChI is InChI=1S/C22H22N4O2/c27-21(14-23-22(28)16-8-2-1-3-9-16)25-18-11-5-4-10-17(18)19-15-26-13-7-6-12-20(26)24-19/h1-5,8-11,15H,6-7,12-14H2,(H,23,28)(H,25,27). The molecule has 0 aliphatic carbocycles. The van der Waals surface area contributed by atoms with Crippen LogP contribution in [0.5, 0.6) is 0 Å². The largest absolute Gasteiger partial charge is 0.343 e. The van der Waals surface area contributed by atoms with E-state index in [-0.39, 0.29) is 18.4 Å². The van der Waals surface area contributed by atoms with Crippen molar-refractivity contribution in [2.75, 3.05) is 11.9 Å². The fourth-order valence-electron chi connectivity index (χ4n) is 3.40. The maximum atomic E-state index is 12.4. The number of nitrogens with zero attached hydrogens (tertiary/aromatic N) is 2. The first-order valence-corrected chi connectivity index (χ1v) is 9.49. The molecule has 0 radical (unpaired) electrons. The van der Waals surface area contributed by atoms with Gasteiger partial charge in [0.25, 0.3) is 5.91 Å². The zero-order valence-corrected chi connectivity index (χ0v) is 15.5. The van der Waals surface area contributed by atoms with Crippen LogP contribution in [-0.4, -0.2) is 27.9 Å². The molecule has 6 nitrogen and oxygen atoms in total. The van der Waals surface area contributed by atoms with Crippen LogP contribution in [0.2, 0.25) is 0 Å². The highest BCUT2D eigenvalue weighted by Gasteiger charge is 2.16. The molecule has 28 heavy (non-hydrogen) atoms. The van der Waals surface area contributed by atoms with Crippen molar-refractivity contribution in [2.24, 2.45) is 0 Å². The summed E-state index contributed by atoms with van der Waals surface area (Å²) in [6, 6.07) is 16.4. The van der Waals surface area contributed by atoms with E-state index in [0.717, 1.165) is 36.5 Å². The first kappa shape index (κ1) is 18.0. The average Bonchev–Trinajstić information content (AvgIpc) is 3.17. The minimum Gasteiger partial charge on any atom is -0.343 e. The van der Waals surface area contributed by atoms with Crippen LogP contribution in [-0.2, 0) is 17.8 Å². The van der Waals surface area contributed by atoms with Gasteiger partial charge in [0, 0.05) is 30.3 Å². The molecular weight excluding hydrogens is 352 g/mol. The van der Waals surface area contributed by atoms with Gasteiger partial charge in [-0.15, -0.1) is 0 Å². The number of carbonyl (C=O) groups is 2. The molecule has 6 heteroatoms. The number of fused-ring (bicyclic) bond motifs is 1. The van der Waals surface area contributed by atoms with Crippen LogP contribution in [0.1, 0.15) is 29.0 Å². The molecule has 2 N–H and O–H groups in total. The minimum atomic E-state index is -0.277. The number of benzene rings is 2. The predicted molar refractivity (Wildman–Crippen MR) is 108 cm³/mol. The second-order valence-corrected chi connectivity index (χ2v) is 6.84. The van der Waals surface area contributed by atoms with Crippen molar-refractivity contribution in [3.63, 3.8) is 0 Å². The van der Waals surface area contributed by atoms with Gasteiger partial charge in [-0.3, -0.25) is 9.59 Å². The number of amides is 2. The maximum absolute atomic E-state index is 12.4. The Morgan fingerprint density at radius 1 is 1.00 bits per heavy atom. The number of aromatic nitrogens is 2. The van der Waals surface area contributed by atoms with Gasteiger partial charge in [0.05, 0.1) is 17.9 Å². The molecule has 0 bridgehead atoms. The Balaban J connectivity index is 1.44. The van der Waals surface area contributed by atoms with E-state index in [9.17, 15) is 9.59 Å². The Kier molecular flexibility index (Phi) is 5.19. The van der Waals surface area contributed by atoms with Crippen molar-refractivity contribution >= 4 is 17.5 Å². The van der Waals surface area contributed by atoms with Crippen molar-refractivity contribution in [1.29, 1.82) is 0 Å². The molecule has 2 amide bonds. The number of para-hydroxylation sites is 1. The summed E-state index contributed by atoms with van der Waals surface area (Å²) in [6.07, 6.45) is 5.37. The van der Waals surface area contributed by atoms with Gasteiger partial charge in [-0.25, -0.2) is 4.98 Å². The Morgan fingerprint density at radius 2 is 1.79 bits per heavy atom. The molecule has 4 rings (SSSR count). The first-order valence-electron chi connectivity index (χ1n) is 9.49. The molecule has 0 unspecified atom stereocenters. The van der Waals surface area contributed by atoms with Crippen molar-refractivity contribution in [2.45, 2.75) is 25.8 Å². The number of rotatable bonds is 5. The highest BCUT2D eigenvalue weighted by molar-refractivity contribution is 6.00. The van der Waals surface area contributed by atoms with Gasteiger partial charge in [-0.2, -0.15) is 0 Å². The van der Waals surface area contributed by atoms with Gasteiger partial charge < -0.3 is 15.2 Å². The molecular formula is C22H22N4O2. The summed E-state index contributed by atoms with van der Waals surface area (Å²) >= 11 is 0. The van der Waals surface area contributed by atoms with E-state index in [1.54, 1.807) is 24.3 Å². The summed E-state index contributed by atoms with van der Waals surface area (Å²) in [7, 11) is 0. The fourth-order valence-corrected chi connectivity index (χ4v) is 3.40. The summed E-state index contributed by atoms with van der Waals surface area (Å²) in [6.45, 7) is 0.893. The molecule has 1 aliphatic rings. The minimum absolute atomic E-state index is 0.0955. The number of imidazole rings is 1. The lowest BCUT2D eigenvalue weighted by atomic mass is 10.1. The molecule has 0 fully saturated rings. The molecule has 3 aromatic rings. The van der Waals surface area contributed by atoms with Gasteiger partial charge in [0.2, 0.25) is 5.91 Å². The van der Waals surface area contributed by atoms with E-state index in [1.165, 1.54) is 6.42 Å². The lowest BCUT2D eigenvalue weighted by Gasteiger charge is -2.11. The topological polar surface area (TPSA) is 76.0 Å². The highest BCUT2D eigenvalue weighted by Crippen LogP contribution is 2.28. The summed E-state index contributed by atoms with van der Waals surface area (Å²) in [4.78, 5) is 29.2. The SMILES string of the molecule is O=C(CNC(=O)c1ccccc1)Nc1ccccc1-c1cn2c(n1)CCCC2. The summed E-state index contributed by atoms with van der Waals surface area (Å²) in [5, 5.41) is 5.54. The van der Waals surface area contributed by atoms with Crippen LogP contribution in [0.3, 0.4) is 0 Å². The molecule has 0 saturated carbocycles. The van der Waals surface area contributed by atoms with Crippen LogP contribution in [0, 0.1) is 0 Å². The zero-order valence-electron chi connectivity index (χ0n) is 15.5. The third-order valence-electron chi connectivity index (χ3n) is 4.83. The Labute approximate surface area is 163 Å².